The van der Waals surface area contributed by atoms with Crippen LogP contribution in [-0.2, 0) is 14.3 Å². The molecule has 0 aliphatic rings. The summed E-state index contributed by atoms with van der Waals surface area (Å²) in [5, 5.41) is 20.2. The van der Waals surface area contributed by atoms with E-state index in [1.807, 2.05) is 0 Å². The minimum absolute atomic E-state index is 0.0272. The second kappa shape index (κ2) is 4.59. The fourth-order valence-corrected chi connectivity index (χ4v) is 1.36. The van der Waals surface area contributed by atoms with Crippen LogP contribution in [-0.4, -0.2) is 55.0 Å². The lowest BCUT2D eigenvalue weighted by Crippen LogP contribution is -2.53. The summed E-state index contributed by atoms with van der Waals surface area (Å²) in [6.45, 7) is 1.08. The van der Waals surface area contributed by atoms with E-state index in [4.69, 9.17) is 0 Å². The molecule has 6 heteroatoms. The van der Waals surface area contributed by atoms with Gasteiger partial charge in [0, 0.05) is 12.9 Å². The van der Waals surface area contributed by atoms with Crippen LogP contribution in [0.2, 0.25) is 0 Å². The summed E-state index contributed by atoms with van der Waals surface area (Å²) in [5.41, 5.74) is 0. The molecule has 0 spiro atoms. The SMILES string of the molecule is CC(=O)OC(O)(CC(=O)[O-])C[N+](C)(C)C. The third-order valence-corrected chi connectivity index (χ3v) is 1.48. The molecule has 1 N–H and O–H groups in total. The van der Waals surface area contributed by atoms with Gasteiger partial charge >= 0.3 is 5.97 Å². The predicted octanol–water partition coefficient (Wildman–Crippen LogP) is -1.92. The second-order valence-corrected chi connectivity index (χ2v) is 4.54. The maximum Gasteiger partial charge on any atom is 0.305 e. The van der Waals surface area contributed by atoms with Gasteiger partial charge in [-0.25, -0.2) is 0 Å². The van der Waals surface area contributed by atoms with E-state index < -0.39 is 24.1 Å². The standard InChI is InChI=1S/C9H17NO5/c1-7(11)15-9(14,5-8(12)13)6-10(2,3)4/h14H,5-6H2,1-4H3. The molecular formula is C9H17NO5. The van der Waals surface area contributed by atoms with Gasteiger partial charge in [0.15, 0.2) is 0 Å². The Morgan fingerprint density at radius 1 is 1.40 bits per heavy atom. The summed E-state index contributed by atoms with van der Waals surface area (Å²) in [5.74, 6) is -4.21. The summed E-state index contributed by atoms with van der Waals surface area (Å²) in [4.78, 5) is 21.1. The first-order valence-corrected chi connectivity index (χ1v) is 4.46. The number of carboxylic acids is 1. The average Bonchev–Trinajstić information content (AvgIpc) is 1.73. The molecule has 0 fully saturated rings. The molecule has 1 atom stereocenters. The smallest absolute Gasteiger partial charge is 0.305 e. The lowest BCUT2D eigenvalue weighted by Gasteiger charge is -2.34. The van der Waals surface area contributed by atoms with Gasteiger partial charge in [-0.05, 0) is 0 Å². The van der Waals surface area contributed by atoms with E-state index in [1.165, 1.54) is 0 Å². The average molecular weight is 219 g/mol. The normalized spacial score (nSPS) is 15.5. The van der Waals surface area contributed by atoms with Gasteiger partial charge in [0.05, 0.1) is 27.6 Å². The topological polar surface area (TPSA) is 86.7 Å². The van der Waals surface area contributed by atoms with E-state index in [-0.39, 0.29) is 11.0 Å². The second-order valence-electron chi connectivity index (χ2n) is 4.54. The Bertz CT molecular complexity index is 240. The maximum absolute atomic E-state index is 10.7. The van der Waals surface area contributed by atoms with Gasteiger partial charge in [-0.1, -0.05) is 0 Å². The minimum Gasteiger partial charge on any atom is -0.550 e. The Kier molecular flexibility index (Phi) is 4.24. The highest BCUT2D eigenvalue weighted by Crippen LogP contribution is 2.16. The molecule has 0 aromatic heterocycles. The van der Waals surface area contributed by atoms with E-state index in [0.29, 0.717) is 0 Å². The lowest BCUT2D eigenvalue weighted by molar-refractivity contribution is -0.880. The number of hydrogen-bond acceptors (Lipinski definition) is 5. The number of ether oxygens (including phenoxy) is 1. The van der Waals surface area contributed by atoms with Gasteiger partial charge in [-0.2, -0.15) is 0 Å². The minimum atomic E-state index is -2.01. The first kappa shape index (κ1) is 13.9. The number of rotatable bonds is 5. The molecule has 0 saturated heterocycles. The zero-order chi connectivity index (χ0) is 12.3. The number of aliphatic carboxylic acids is 1. The van der Waals surface area contributed by atoms with Crippen molar-refractivity contribution in [3.05, 3.63) is 0 Å². The number of carbonyl (C=O) groups is 2. The van der Waals surface area contributed by atoms with E-state index in [1.54, 1.807) is 21.1 Å². The first-order valence-electron chi connectivity index (χ1n) is 4.46. The molecule has 6 nitrogen and oxygen atoms in total. The molecule has 0 heterocycles. The van der Waals surface area contributed by atoms with Crippen molar-refractivity contribution in [1.29, 1.82) is 0 Å². The zero-order valence-corrected chi connectivity index (χ0v) is 9.44. The third-order valence-electron chi connectivity index (χ3n) is 1.48. The number of nitrogens with zero attached hydrogens (tertiary/aromatic N) is 1. The van der Waals surface area contributed by atoms with Crippen molar-refractivity contribution < 1.29 is 29.0 Å². The van der Waals surface area contributed by atoms with Crippen LogP contribution in [0.1, 0.15) is 13.3 Å². The van der Waals surface area contributed by atoms with Crippen molar-refractivity contribution in [1.82, 2.24) is 0 Å². The molecule has 0 rings (SSSR count). The van der Waals surface area contributed by atoms with Crippen molar-refractivity contribution in [3.8, 4) is 0 Å². The summed E-state index contributed by atoms with van der Waals surface area (Å²) >= 11 is 0. The van der Waals surface area contributed by atoms with Crippen LogP contribution in [0.3, 0.4) is 0 Å². The zero-order valence-electron chi connectivity index (χ0n) is 9.44. The van der Waals surface area contributed by atoms with E-state index in [0.717, 1.165) is 6.92 Å². The Balaban J connectivity index is 4.69. The fourth-order valence-electron chi connectivity index (χ4n) is 1.36. The molecule has 0 aliphatic carbocycles. The summed E-state index contributed by atoms with van der Waals surface area (Å²) < 4.78 is 4.87. The largest absolute Gasteiger partial charge is 0.550 e. The third kappa shape index (κ3) is 6.87. The Hall–Kier alpha value is -1.14. The molecule has 0 aliphatic heterocycles. The maximum atomic E-state index is 10.7. The van der Waals surface area contributed by atoms with Crippen LogP contribution in [0.25, 0.3) is 0 Å². The van der Waals surface area contributed by atoms with Crippen molar-refractivity contribution >= 4 is 11.9 Å². The van der Waals surface area contributed by atoms with Crippen LogP contribution in [0, 0.1) is 0 Å². The quantitative estimate of drug-likeness (QED) is 0.331. The van der Waals surface area contributed by atoms with Crippen LogP contribution >= 0.6 is 0 Å². The van der Waals surface area contributed by atoms with E-state index in [9.17, 15) is 19.8 Å². The molecule has 1 unspecified atom stereocenters. The highest BCUT2D eigenvalue weighted by molar-refractivity contribution is 5.69. The number of carboxylic acid groups (broad SMARTS) is 1. The number of carbonyl (C=O) groups excluding carboxylic acids is 2. The highest BCUT2D eigenvalue weighted by atomic mass is 16.7. The molecule has 0 saturated carbocycles. The Morgan fingerprint density at radius 2 is 1.87 bits per heavy atom. The summed E-state index contributed by atoms with van der Waals surface area (Å²) in [6.07, 6.45) is -0.734. The first-order chi connectivity index (χ1) is 6.54. The summed E-state index contributed by atoms with van der Waals surface area (Å²) in [7, 11) is 5.22. The van der Waals surface area contributed by atoms with Gasteiger partial charge < -0.3 is 24.2 Å². The van der Waals surface area contributed by atoms with Crippen molar-refractivity contribution in [2.24, 2.45) is 0 Å². The van der Waals surface area contributed by atoms with Gasteiger partial charge in [0.2, 0.25) is 0 Å². The van der Waals surface area contributed by atoms with Crippen LogP contribution in [0.15, 0.2) is 0 Å². The molecule has 15 heavy (non-hydrogen) atoms. The van der Waals surface area contributed by atoms with Crippen molar-refractivity contribution in [2.45, 2.75) is 19.1 Å². The molecule has 0 bridgehead atoms. The van der Waals surface area contributed by atoms with Gasteiger partial charge in [0.25, 0.3) is 5.79 Å². The molecule has 88 valence electrons. The predicted molar refractivity (Wildman–Crippen MR) is 49.2 cm³/mol. The number of aliphatic hydroxyl groups is 1. The Morgan fingerprint density at radius 3 is 2.13 bits per heavy atom. The van der Waals surface area contributed by atoms with Crippen LogP contribution in [0.5, 0.6) is 0 Å². The summed E-state index contributed by atoms with van der Waals surface area (Å²) in [6, 6.07) is 0. The molecule has 0 amide bonds. The number of hydrogen-bond donors (Lipinski definition) is 1. The van der Waals surface area contributed by atoms with Crippen LogP contribution < -0.4 is 5.11 Å². The van der Waals surface area contributed by atoms with E-state index in [2.05, 4.69) is 4.74 Å². The lowest BCUT2D eigenvalue weighted by atomic mass is 10.1. The Labute approximate surface area is 88.7 Å². The van der Waals surface area contributed by atoms with Gasteiger partial charge in [-0.3, -0.25) is 4.79 Å². The molecule has 0 aromatic rings. The van der Waals surface area contributed by atoms with Gasteiger partial charge in [0.1, 0.15) is 6.54 Å². The monoisotopic (exact) mass is 219 g/mol. The van der Waals surface area contributed by atoms with Gasteiger partial charge in [-0.15, -0.1) is 0 Å². The molecule has 0 radical (unpaired) electrons. The van der Waals surface area contributed by atoms with Crippen molar-refractivity contribution in [3.63, 3.8) is 0 Å². The fraction of sp³-hybridized carbons (Fsp3) is 0.778. The molecular weight excluding hydrogens is 202 g/mol. The number of quaternary nitrogens is 1. The number of likely N-dealkylation sites (N-methyl/N-ethyl adjacent to an activating group) is 1. The van der Waals surface area contributed by atoms with E-state index >= 15 is 0 Å². The highest BCUT2D eigenvalue weighted by Gasteiger charge is 2.37. The van der Waals surface area contributed by atoms with Crippen molar-refractivity contribution in [2.75, 3.05) is 27.7 Å². The van der Waals surface area contributed by atoms with Crippen LogP contribution in [0.4, 0.5) is 0 Å². The number of esters is 1. The molecule has 0 aromatic carbocycles.